The fourth-order valence-corrected chi connectivity index (χ4v) is 3.96. The van der Waals surface area contributed by atoms with Crippen LogP contribution in [0.1, 0.15) is 33.6 Å². The summed E-state index contributed by atoms with van der Waals surface area (Å²) in [5.74, 6) is -0.261. The summed E-state index contributed by atoms with van der Waals surface area (Å²) < 4.78 is 0. The Kier molecular flexibility index (Phi) is 6.34. The monoisotopic (exact) mass is 460 g/mol. The predicted octanol–water partition coefficient (Wildman–Crippen LogP) is 3.88. The Balaban J connectivity index is 1.31. The Morgan fingerprint density at radius 1 is 0.774 bits per heavy atom. The lowest BCUT2D eigenvalue weighted by Gasteiger charge is -2.35. The molecule has 1 heterocycles. The molecule has 9 heteroatoms. The molecule has 31 heavy (non-hydrogen) atoms. The molecule has 1 aliphatic carbocycles. The minimum atomic E-state index is -0.233. The van der Waals surface area contributed by atoms with Gasteiger partial charge in [-0.25, -0.2) is 4.79 Å². The van der Waals surface area contributed by atoms with Crippen molar-refractivity contribution in [3.05, 3.63) is 63.6 Å². The van der Waals surface area contributed by atoms with Crippen molar-refractivity contribution in [1.29, 1.82) is 0 Å². The molecule has 4 amide bonds. The molecule has 1 aliphatic heterocycles. The van der Waals surface area contributed by atoms with Gasteiger partial charge in [0.05, 0.1) is 0 Å². The van der Waals surface area contributed by atoms with E-state index in [-0.39, 0.29) is 23.9 Å². The van der Waals surface area contributed by atoms with Crippen LogP contribution >= 0.6 is 23.2 Å². The molecule has 0 aromatic heterocycles. The Morgan fingerprint density at radius 2 is 1.29 bits per heavy atom. The van der Waals surface area contributed by atoms with Gasteiger partial charge in [0, 0.05) is 59.1 Å². The van der Waals surface area contributed by atoms with E-state index in [2.05, 4.69) is 10.6 Å². The zero-order chi connectivity index (χ0) is 22.0. The topological polar surface area (TPSA) is 81.8 Å². The summed E-state index contributed by atoms with van der Waals surface area (Å²) in [5, 5.41) is 6.43. The Morgan fingerprint density at radius 3 is 1.81 bits per heavy atom. The maximum absolute atomic E-state index is 12.8. The summed E-state index contributed by atoms with van der Waals surface area (Å²) in [6, 6.07) is 11.6. The molecule has 2 fully saturated rings. The van der Waals surface area contributed by atoms with Crippen molar-refractivity contribution in [3.63, 3.8) is 0 Å². The third-order valence-electron chi connectivity index (χ3n) is 5.27. The Bertz CT molecular complexity index is 980. The second-order valence-electron chi connectivity index (χ2n) is 7.69. The van der Waals surface area contributed by atoms with E-state index in [4.69, 9.17) is 23.2 Å². The second kappa shape index (κ2) is 9.16. The van der Waals surface area contributed by atoms with E-state index in [1.807, 2.05) is 0 Å². The molecule has 4 rings (SSSR count). The maximum atomic E-state index is 12.8. The van der Waals surface area contributed by atoms with E-state index < -0.39 is 0 Å². The standard InChI is InChI=1S/C22H22Cl2N4O3/c23-16-11-15(12-17(24)13-16)21(30)28-9-7-27(8-10-28)20(29)14-1-3-18(4-2-14)25-22(31)26-19-5-6-19/h1-4,11-13,19H,5-10H2,(H2,25,26,31). The summed E-state index contributed by atoms with van der Waals surface area (Å²) in [6.07, 6.45) is 2.04. The van der Waals surface area contributed by atoms with Gasteiger partial charge in [-0.1, -0.05) is 23.2 Å². The third kappa shape index (κ3) is 5.48. The zero-order valence-electron chi connectivity index (χ0n) is 16.7. The first-order valence-electron chi connectivity index (χ1n) is 10.1. The van der Waals surface area contributed by atoms with Crippen LogP contribution in [0.25, 0.3) is 0 Å². The van der Waals surface area contributed by atoms with Gasteiger partial charge < -0.3 is 20.4 Å². The molecule has 7 nitrogen and oxygen atoms in total. The number of rotatable bonds is 4. The number of nitrogens with zero attached hydrogens (tertiary/aromatic N) is 2. The highest BCUT2D eigenvalue weighted by molar-refractivity contribution is 6.35. The number of carbonyl (C=O) groups is 3. The van der Waals surface area contributed by atoms with Crippen molar-refractivity contribution in [1.82, 2.24) is 15.1 Å². The van der Waals surface area contributed by atoms with Crippen molar-refractivity contribution >= 4 is 46.7 Å². The number of hydrogen-bond donors (Lipinski definition) is 2. The third-order valence-corrected chi connectivity index (χ3v) is 5.70. The number of anilines is 1. The molecule has 0 radical (unpaired) electrons. The van der Waals surface area contributed by atoms with Crippen LogP contribution in [-0.2, 0) is 0 Å². The van der Waals surface area contributed by atoms with E-state index in [1.165, 1.54) is 0 Å². The predicted molar refractivity (Wildman–Crippen MR) is 120 cm³/mol. The van der Waals surface area contributed by atoms with Gasteiger partial charge in [-0.05, 0) is 55.3 Å². The molecule has 2 aromatic carbocycles. The van der Waals surface area contributed by atoms with Gasteiger partial charge in [-0.15, -0.1) is 0 Å². The number of halogens is 2. The maximum Gasteiger partial charge on any atom is 0.319 e. The molecular weight excluding hydrogens is 439 g/mol. The molecule has 1 saturated carbocycles. The number of hydrogen-bond acceptors (Lipinski definition) is 3. The first kappa shape index (κ1) is 21.5. The van der Waals surface area contributed by atoms with E-state index in [0.717, 1.165) is 12.8 Å². The highest BCUT2D eigenvalue weighted by Gasteiger charge is 2.26. The quantitative estimate of drug-likeness (QED) is 0.726. The van der Waals surface area contributed by atoms with Gasteiger partial charge in [-0.2, -0.15) is 0 Å². The molecule has 0 atom stereocenters. The van der Waals surface area contributed by atoms with Gasteiger partial charge >= 0.3 is 6.03 Å². The lowest BCUT2D eigenvalue weighted by atomic mass is 10.1. The lowest BCUT2D eigenvalue weighted by molar-refractivity contribution is 0.0535. The molecule has 0 spiro atoms. The smallest absolute Gasteiger partial charge is 0.319 e. The summed E-state index contributed by atoms with van der Waals surface area (Å²) in [7, 11) is 0. The van der Waals surface area contributed by atoms with Crippen LogP contribution in [0.15, 0.2) is 42.5 Å². The van der Waals surface area contributed by atoms with Crippen molar-refractivity contribution < 1.29 is 14.4 Å². The van der Waals surface area contributed by atoms with Gasteiger partial charge in [0.15, 0.2) is 0 Å². The molecule has 0 bridgehead atoms. The molecule has 2 aromatic rings. The van der Waals surface area contributed by atoms with Crippen LogP contribution in [0.4, 0.5) is 10.5 Å². The van der Waals surface area contributed by atoms with Crippen LogP contribution in [0.2, 0.25) is 10.0 Å². The minimum absolute atomic E-state index is 0.105. The highest BCUT2D eigenvalue weighted by atomic mass is 35.5. The Labute approximate surface area is 190 Å². The number of urea groups is 1. The number of carbonyl (C=O) groups excluding carboxylic acids is 3. The summed E-state index contributed by atoms with van der Waals surface area (Å²) in [6.45, 7) is 1.72. The molecule has 2 N–H and O–H groups in total. The normalized spacial score (nSPS) is 16.1. The first-order chi connectivity index (χ1) is 14.9. The average molecular weight is 461 g/mol. The van der Waals surface area contributed by atoms with E-state index in [0.29, 0.717) is 53.0 Å². The zero-order valence-corrected chi connectivity index (χ0v) is 18.2. The van der Waals surface area contributed by atoms with Crippen molar-refractivity contribution in [3.8, 4) is 0 Å². The number of amides is 4. The Hall–Kier alpha value is -2.77. The molecule has 1 saturated heterocycles. The summed E-state index contributed by atoms with van der Waals surface area (Å²) in [5.41, 5.74) is 1.60. The van der Waals surface area contributed by atoms with Crippen LogP contribution in [0.5, 0.6) is 0 Å². The molecule has 162 valence electrons. The van der Waals surface area contributed by atoms with E-state index in [9.17, 15) is 14.4 Å². The highest BCUT2D eigenvalue weighted by Crippen LogP contribution is 2.21. The van der Waals surface area contributed by atoms with Crippen LogP contribution in [0.3, 0.4) is 0 Å². The first-order valence-corrected chi connectivity index (χ1v) is 10.9. The van der Waals surface area contributed by atoms with Crippen molar-refractivity contribution in [2.24, 2.45) is 0 Å². The number of benzene rings is 2. The summed E-state index contributed by atoms with van der Waals surface area (Å²) >= 11 is 12.0. The number of piperazine rings is 1. The average Bonchev–Trinajstić information content (AvgIpc) is 3.56. The fraction of sp³-hybridized carbons (Fsp3) is 0.318. The minimum Gasteiger partial charge on any atom is -0.335 e. The summed E-state index contributed by atoms with van der Waals surface area (Å²) in [4.78, 5) is 40.7. The van der Waals surface area contributed by atoms with Crippen LogP contribution in [0, 0.1) is 0 Å². The van der Waals surface area contributed by atoms with Crippen molar-refractivity contribution in [2.45, 2.75) is 18.9 Å². The van der Waals surface area contributed by atoms with Gasteiger partial charge in [0.25, 0.3) is 11.8 Å². The molecule has 0 unspecified atom stereocenters. The van der Waals surface area contributed by atoms with Crippen LogP contribution in [-0.4, -0.2) is 59.9 Å². The van der Waals surface area contributed by atoms with E-state index in [1.54, 1.807) is 52.3 Å². The largest absolute Gasteiger partial charge is 0.335 e. The van der Waals surface area contributed by atoms with Crippen LogP contribution < -0.4 is 10.6 Å². The van der Waals surface area contributed by atoms with Crippen molar-refractivity contribution in [2.75, 3.05) is 31.5 Å². The van der Waals surface area contributed by atoms with Gasteiger partial charge in [0.1, 0.15) is 0 Å². The SMILES string of the molecule is O=C(Nc1ccc(C(=O)N2CCN(C(=O)c3cc(Cl)cc(Cl)c3)CC2)cc1)NC1CC1. The molecular formula is C22H22Cl2N4O3. The van der Waals surface area contributed by atoms with Gasteiger partial charge in [-0.3, -0.25) is 9.59 Å². The molecule has 2 aliphatic rings. The second-order valence-corrected chi connectivity index (χ2v) is 8.57. The van der Waals surface area contributed by atoms with E-state index >= 15 is 0 Å². The lowest BCUT2D eigenvalue weighted by Crippen LogP contribution is -2.50. The number of nitrogens with one attached hydrogen (secondary N) is 2. The fourth-order valence-electron chi connectivity index (χ4n) is 3.43. The van der Waals surface area contributed by atoms with Gasteiger partial charge in [0.2, 0.25) is 0 Å².